The van der Waals surface area contributed by atoms with Crippen molar-refractivity contribution >= 4 is 11.6 Å². The van der Waals surface area contributed by atoms with Crippen molar-refractivity contribution in [2.24, 2.45) is 0 Å². The van der Waals surface area contributed by atoms with Crippen molar-refractivity contribution in [2.75, 3.05) is 24.5 Å². The summed E-state index contributed by atoms with van der Waals surface area (Å²) in [6, 6.07) is 12.5. The van der Waals surface area contributed by atoms with E-state index in [-0.39, 0.29) is 11.8 Å². The fraction of sp³-hybridized carbons (Fsp3) is 0.353. The molecule has 5 nitrogen and oxygen atoms in total. The van der Waals surface area contributed by atoms with Gasteiger partial charge in [-0.25, -0.2) is 0 Å². The van der Waals surface area contributed by atoms with Crippen molar-refractivity contribution in [1.29, 1.82) is 0 Å². The number of Topliss-reactive ketones (excluding diaryl/α,β-unsaturated/α-hetero) is 1. The largest absolute Gasteiger partial charge is 0.352 e. The van der Waals surface area contributed by atoms with Gasteiger partial charge in [-0.1, -0.05) is 29.8 Å². The number of aromatic nitrogens is 2. The lowest BCUT2D eigenvalue weighted by Gasteiger charge is -2.34. The molecule has 0 spiro atoms. The highest BCUT2D eigenvalue weighted by Crippen LogP contribution is 2.21. The monoisotopic (exact) mass is 296 g/mol. The van der Waals surface area contributed by atoms with Gasteiger partial charge in [0.05, 0.1) is 0 Å². The average Bonchev–Trinajstić information content (AvgIpc) is 2.55. The van der Waals surface area contributed by atoms with E-state index in [2.05, 4.69) is 51.6 Å². The summed E-state index contributed by atoms with van der Waals surface area (Å²) >= 11 is 0. The number of carbonyl (C=O) groups is 1. The lowest BCUT2D eigenvalue weighted by molar-refractivity contribution is 0.101. The van der Waals surface area contributed by atoms with Crippen LogP contribution in [0.3, 0.4) is 0 Å². The third-order valence-electron chi connectivity index (χ3n) is 3.96. The van der Waals surface area contributed by atoms with Crippen molar-refractivity contribution in [1.82, 2.24) is 15.5 Å². The fourth-order valence-corrected chi connectivity index (χ4v) is 2.75. The van der Waals surface area contributed by atoms with Crippen LogP contribution in [-0.2, 0) is 0 Å². The molecule has 1 aromatic heterocycles. The van der Waals surface area contributed by atoms with E-state index in [4.69, 9.17) is 0 Å². The number of anilines is 1. The highest BCUT2D eigenvalue weighted by atomic mass is 16.1. The third-order valence-corrected chi connectivity index (χ3v) is 3.96. The summed E-state index contributed by atoms with van der Waals surface area (Å²) in [6.45, 7) is 6.24. The van der Waals surface area contributed by atoms with E-state index >= 15 is 0 Å². The van der Waals surface area contributed by atoms with Crippen molar-refractivity contribution in [3.8, 4) is 0 Å². The first kappa shape index (κ1) is 14.7. The van der Waals surface area contributed by atoms with E-state index in [1.165, 1.54) is 18.1 Å². The summed E-state index contributed by atoms with van der Waals surface area (Å²) in [7, 11) is 0. The van der Waals surface area contributed by atoms with Gasteiger partial charge in [-0.15, -0.1) is 10.2 Å². The molecule has 1 aliphatic heterocycles. The van der Waals surface area contributed by atoms with Gasteiger partial charge in [-0.2, -0.15) is 0 Å². The van der Waals surface area contributed by atoms with Crippen LogP contribution in [0.5, 0.6) is 0 Å². The summed E-state index contributed by atoms with van der Waals surface area (Å²) in [5.74, 6) is 0.765. The van der Waals surface area contributed by atoms with Crippen LogP contribution in [0.15, 0.2) is 36.4 Å². The van der Waals surface area contributed by atoms with E-state index in [1.54, 1.807) is 6.07 Å². The number of nitrogens with zero attached hydrogens (tertiary/aromatic N) is 3. The van der Waals surface area contributed by atoms with E-state index in [9.17, 15) is 4.79 Å². The number of ketones is 1. The van der Waals surface area contributed by atoms with Gasteiger partial charge in [-0.05, 0) is 24.6 Å². The second-order valence-corrected chi connectivity index (χ2v) is 5.70. The number of rotatable bonds is 3. The predicted octanol–water partition coefficient (Wildman–Crippen LogP) is 2.14. The molecule has 0 aliphatic carbocycles. The molecule has 3 rings (SSSR count). The number of piperazine rings is 1. The molecule has 1 aromatic carbocycles. The van der Waals surface area contributed by atoms with Crippen LogP contribution in [0.1, 0.15) is 34.6 Å². The van der Waals surface area contributed by atoms with Crippen molar-refractivity contribution in [3.05, 3.63) is 53.2 Å². The topological polar surface area (TPSA) is 58.1 Å². The lowest BCUT2D eigenvalue weighted by Crippen LogP contribution is -2.46. The van der Waals surface area contributed by atoms with Gasteiger partial charge in [0, 0.05) is 32.6 Å². The van der Waals surface area contributed by atoms with Crippen molar-refractivity contribution in [3.63, 3.8) is 0 Å². The van der Waals surface area contributed by atoms with Crippen LogP contribution in [0.2, 0.25) is 0 Å². The van der Waals surface area contributed by atoms with Crippen LogP contribution in [0, 0.1) is 6.92 Å². The second kappa shape index (κ2) is 6.23. The maximum atomic E-state index is 11.3. The Labute approximate surface area is 130 Å². The first-order valence-corrected chi connectivity index (χ1v) is 7.53. The van der Waals surface area contributed by atoms with E-state index in [0.29, 0.717) is 5.69 Å². The molecule has 114 valence electrons. The SMILES string of the molecule is CC(=O)c1ccc(N2CCNC(c3cccc(C)c3)C2)nn1. The van der Waals surface area contributed by atoms with Gasteiger partial charge < -0.3 is 10.2 Å². The number of carbonyl (C=O) groups excluding carboxylic acids is 1. The fourth-order valence-electron chi connectivity index (χ4n) is 2.75. The number of hydrogen-bond donors (Lipinski definition) is 1. The molecular weight excluding hydrogens is 276 g/mol. The zero-order valence-corrected chi connectivity index (χ0v) is 12.9. The standard InChI is InChI=1S/C17H20N4O/c1-12-4-3-5-14(10-12)16-11-21(9-8-18-16)17-7-6-15(13(2)22)19-20-17/h3-7,10,16,18H,8-9,11H2,1-2H3. The molecule has 1 saturated heterocycles. The Kier molecular flexibility index (Phi) is 4.15. The van der Waals surface area contributed by atoms with Gasteiger partial charge in [0.1, 0.15) is 5.69 Å². The molecule has 2 heterocycles. The molecule has 1 unspecified atom stereocenters. The van der Waals surface area contributed by atoms with E-state index < -0.39 is 0 Å². The summed E-state index contributed by atoms with van der Waals surface area (Å²) in [5.41, 5.74) is 2.97. The molecule has 22 heavy (non-hydrogen) atoms. The molecular formula is C17H20N4O. The Morgan fingerprint density at radius 1 is 1.27 bits per heavy atom. The maximum Gasteiger partial charge on any atom is 0.180 e. The van der Waals surface area contributed by atoms with Gasteiger partial charge >= 0.3 is 0 Å². The zero-order valence-electron chi connectivity index (χ0n) is 12.9. The predicted molar refractivity (Wildman–Crippen MR) is 86.2 cm³/mol. The summed E-state index contributed by atoms with van der Waals surface area (Å²) < 4.78 is 0. The summed E-state index contributed by atoms with van der Waals surface area (Å²) in [4.78, 5) is 13.5. The van der Waals surface area contributed by atoms with E-state index in [1.807, 2.05) is 6.07 Å². The average molecular weight is 296 g/mol. The Hall–Kier alpha value is -2.27. The lowest BCUT2D eigenvalue weighted by atomic mass is 10.0. The smallest absolute Gasteiger partial charge is 0.180 e. The highest BCUT2D eigenvalue weighted by Gasteiger charge is 2.22. The Balaban J connectivity index is 1.76. The van der Waals surface area contributed by atoms with Crippen LogP contribution in [0.4, 0.5) is 5.82 Å². The normalized spacial score (nSPS) is 18.3. The number of nitrogens with one attached hydrogen (secondary N) is 1. The van der Waals surface area contributed by atoms with Crippen LogP contribution in [-0.4, -0.2) is 35.6 Å². The third kappa shape index (κ3) is 3.14. The summed E-state index contributed by atoms with van der Waals surface area (Å²) in [6.07, 6.45) is 0. The minimum absolute atomic E-state index is 0.0583. The molecule has 5 heteroatoms. The Morgan fingerprint density at radius 3 is 2.82 bits per heavy atom. The quantitative estimate of drug-likeness (QED) is 0.879. The zero-order chi connectivity index (χ0) is 15.5. The molecule has 1 aliphatic rings. The number of aryl methyl sites for hydroxylation is 1. The first-order valence-electron chi connectivity index (χ1n) is 7.53. The van der Waals surface area contributed by atoms with Gasteiger partial charge in [0.25, 0.3) is 0 Å². The molecule has 0 bridgehead atoms. The van der Waals surface area contributed by atoms with Gasteiger partial charge in [-0.3, -0.25) is 4.79 Å². The molecule has 1 atom stereocenters. The Bertz CT molecular complexity index is 669. The molecule has 1 fully saturated rings. The molecule has 0 saturated carbocycles. The van der Waals surface area contributed by atoms with Gasteiger partial charge in [0.15, 0.2) is 11.6 Å². The first-order chi connectivity index (χ1) is 10.6. The minimum atomic E-state index is -0.0583. The summed E-state index contributed by atoms with van der Waals surface area (Å²) in [5, 5.41) is 11.7. The van der Waals surface area contributed by atoms with Crippen LogP contribution in [0.25, 0.3) is 0 Å². The maximum absolute atomic E-state index is 11.3. The van der Waals surface area contributed by atoms with E-state index in [0.717, 1.165) is 25.5 Å². The molecule has 1 N–H and O–H groups in total. The highest BCUT2D eigenvalue weighted by molar-refractivity contribution is 5.91. The molecule has 2 aromatic rings. The molecule has 0 amide bonds. The van der Waals surface area contributed by atoms with Crippen LogP contribution >= 0.6 is 0 Å². The van der Waals surface area contributed by atoms with Gasteiger partial charge in [0.2, 0.25) is 0 Å². The van der Waals surface area contributed by atoms with Crippen LogP contribution < -0.4 is 10.2 Å². The van der Waals surface area contributed by atoms with Crippen molar-refractivity contribution < 1.29 is 4.79 Å². The minimum Gasteiger partial charge on any atom is -0.352 e. The number of hydrogen-bond acceptors (Lipinski definition) is 5. The van der Waals surface area contributed by atoms with Crippen molar-refractivity contribution in [2.45, 2.75) is 19.9 Å². The Morgan fingerprint density at radius 2 is 2.14 bits per heavy atom. The number of benzene rings is 1. The molecule has 0 radical (unpaired) electrons. The second-order valence-electron chi connectivity index (χ2n) is 5.70.